The molecule has 2 aromatic carbocycles. The van der Waals surface area contributed by atoms with Gasteiger partial charge in [0, 0.05) is 45.0 Å². The number of methoxy groups -OCH3 is 1. The summed E-state index contributed by atoms with van der Waals surface area (Å²) in [7, 11) is 1.59. The second-order valence-corrected chi connectivity index (χ2v) is 7.99. The summed E-state index contributed by atoms with van der Waals surface area (Å²) in [5, 5.41) is 2.86. The number of piperazine rings is 1. The van der Waals surface area contributed by atoms with Gasteiger partial charge in [0.2, 0.25) is 0 Å². The van der Waals surface area contributed by atoms with Crippen molar-refractivity contribution >= 4 is 23.5 Å². The third kappa shape index (κ3) is 5.36. The molecular formula is C24H28N4O5. The number of nitrogens with one attached hydrogen (secondary N) is 1. The maximum absolute atomic E-state index is 12.6. The van der Waals surface area contributed by atoms with E-state index in [4.69, 9.17) is 9.47 Å². The van der Waals surface area contributed by atoms with Crippen LogP contribution >= 0.6 is 0 Å². The van der Waals surface area contributed by atoms with Gasteiger partial charge in [0.15, 0.2) is 11.5 Å². The molecule has 0 unspecified atom stereocenters. The molecular weight excluding hydrogens is 424 g/mol. The molecule has 2 aliphatic rings. The van der Waals surface area contributed by atoms with E-state index in [1.54, 1.807) is 41.2 Å². The van der Waals surface area contributed by atoms with Gasteiger partial charge in [-0.3, -0.25) is 9.59 Å². The molecule has 0 aliphatic carbocycles. The average Bonchev–Trinajstić information content (AvgIpc) is 3.40. The molecule has 2 aliphatic heterocycles. The maximum Gasteiger partial charge on any atom is 0.321 e. The number of ether oxygens (including phenoxy) is 2. The minimum absolute atomic E-state index is 0.244. The van der Waals surface area contributed by atoms with E-state index in [0.717, 1.165) is 12.8 Å². The lowest BCUT2D eigenvalue weighted by Gasteiger charge is -2.34. The zero-order chi connectivity index (χ0) is 23.2. The van der Waals surface area contributed by atoms with E-state index in [1.165, 1.54) is 4.90 Å². The number of benzene rings is 2. The van der Waals surface area contributed by atoms with Crippen LogP contribution < -0.4 is 14.8 Å². The number of nitrogens with zero attached hydrogens (tertiary/aromatic N) is 3. The molecule has 9 heteroatoms. The van der Waals surface area contributed by atoms with Crippen molar-refractivity contribution in [2.24, 2.45) is 0 Å². The molecule has 0 radical (unpaired) electrons. The molecule has 0 saturated carbocycles. The Morgan fingerprint density at radius 2 is 1.27 bits per heavy atom. The van der Waals surface area contributed by atoms with Gasteiger partial charge in [-0.15, -0.1) is 0 Å². The van der Waals surface area contributed by atoms with E-state index in [-0.39, 0.29) is 6.03 Å². The van der Waals surface area contributed by atoms with E-state index in [2.05, 4.69) is 5.32 Å². The lowest BCUT2D eigenvalue weighted by atomic mass is 10.3. The Balaban J connectivity index is 1.26. The molecule has 9 nitrogen and oxygen atoms in total. The Labute approximate surface area is 192 Å². The summed E-state index contributed by atoms with van der Waals surface area (Å²) in [6.45, 7) is 2.74. The minimum Gasteiger partial charge on any atom is -0.493 e. The Kier molecular flexibility index (Phi) is 6.97. The van der Waals surface area contributed by atoms with Crippen LogP contribution in [0.1, 0.15) is 12.8 Å². The van der Waals surface area contributed by atoms with Gasteiger partial charge in [-0.25, -0.2) is 4.79 Å². The first-order valence-electron chi connectivity index (χ1n) is 11.1. The zero-order valence-corrected chi connectivity index (χ0v) is 18.7. The van der Waals surface area contributed by atoms with Crippen molar-refractivity contribution in [3.05, 3.63) is 48.5 Å². The first-order valence-corrected chi connectivity index (χ1v) is 11.1. The Morgan fingerprint density at radius 3 is 1.88 bits per heavy atom. The van der Waals surface area contributed by atoms with Gasteiger partial charge in [0.05, 0.1) is 7.11 Å². The third-order valence-corrected chi connectivity index (χ3v) is 5.83. The van der Waals surface area contributed by atoms with Gasteiger partial charge >= 0.3 is 17.8 Å². The first kappa shape index (κ1) is 22.4. The Hall–Kier alpha value is -3.75. The molecule has 2 aromatic rings. The number of hydrogen-bond donors (Lipinski definition) is 1. The van der Waals surface area contributed by atoms with Crippen LogP contribution in [0.2, 0.25) is 0 Å². The van der Waals surface area contributed by atoms with Crippen molar-refractivity contribution in [2.45, 2.75) is 12.8 Å². The van der Waals surface area contributed by atoms with Crippen molar-refractivity contribution in [2.75, 3.05) is 51.7 Å². The van der Waals surface area contributed by atoms with E-state index < -0.39 is 11.8 Å². The maximum atomic E-state index is 12.6. The summed E-state index contributed by atoms with van der Waals surface area (Å²) in [6, 6.07) is 14.2. The van der Waals surface area contributed by atoms with E-state index >= 15 is 0 Å². The Bertz CT molecular complexity index is 996. The van der Waals surface area contributed by atoms with Gasteiger partial charge in [0.25, 0.3) is 0 Å². The van der Waals surface area contributed by atoms with Crippen LogP contribution in [0.3, 0.4) is 0 Å². The van der Waals surface area contributed by atoms with Crippen LogP contribution in [-0.2, 0) is 9.59 Å². The number of amides is 4. The fraction of sp³-hybridized carbons (Fsp3) is 0.375. The summed E-state index contributed by atoms with van der Waals surface area (Å²) in [4.78, 5) is 42.2. The number of rotatable bonds is 4. The molecule has 1 N–H and O–H groups in total. The van der Waals surface area contributed by atoms with Gasteiger partial charge in [-0.05, 0) is 49.2 Å². The molecule has 2 saturated heterocycles. The van der Waals surface area contributed by atoms with Crippen LogP contribution in [0, 0.1) is 0 Å². The molecule has 0 spiro atoms. The lowest BCUT2D eigenvalue weighted by molar-refractivity contribution is -0.152. The van der Waals surface area contributed by atoms with Crippen molar-refractivity contribution < 1.29 is 23.9 Å². The highest BCUT2D eigenvalue weighted by Crippen LogP contribution is 2.31. The molecule has 0 bridgehead atoms. The molecule has 0 aromatic heterocycles. The second-order valence-electron chi connectivity index (χ2n) is 7.99. The summed E-state index contributed by atoms with van der Waals surface area (Å²) >= 11 is 0. The van der Waals surface area contributed by atoms with Crippen molar-refractivity contribution in [1.29, 1.82) is 0 Å². The van der Waals surface area contributed by atoms with Gasteiger partial charge in [0.1, 0.15) is 5.75 Å². The molecule has 174 valence electrons. The van der Waals surface area contributed by atoms with Gasteiger partial charge < -0.3 is 29.5 Å². The quantitative estimate of drug-likeness (QED) is 0.721. The van der Waals surface area contributed by atoms with Crippen molar-refractivity contribution in [1.82, 2.24) is 14.7 Å². The fourth-order valence-corrected chi connectivity index (χ4v) is 3.94. The van der Waals surface area contributed by atoms with E-state index in [1.807, 2.05) is 24.3 Å². The van der Waals surface area contributed by atoms with Crippen molar-refractivity contribution in [3.63, 3.8) is 0 Å². The fourth-order valence-electron chi connectivity index (χ4n) is 3.94. The molecule has 4 amide bonds. The standard InChI is InChI=1S/C24H28N4O5/c1-32-20-6-2-3-7-21(20)33-19-10-8-18(9-11-19)25-24(31)28-16-14-27(15-17-28)23(30)22(29)26-12-4-5-13-26/h2-3,6-11H,4-5,12-17H2,1H3,(H,25,31). The number of hydrogen-bond acceptors (Lipinski definition) is 5. The largest absolute Gasteiger partial charge is 0.493 e. The Morgan fingerprint density at radius 1 is 0.727 bits per heavy atom. The number of urea groups is 1. The SMILES string of the molecule is COc1ccccc1Oc1ccc(NC(=O)N2CCN(C(=O)C(=O)N3CCCC3)CC2)cc1. The molecule has 4 rings (SSSR count). The number of carbonyl (C=O) groups excluding carboxylic acids is 3. The highest BCUT2D eigenvalue weighted by molar-refractivity contribution is 6.35. The smallest absolute Gasteiger partial charge is 0.321 e. The number of likely N-dealkylation sites (tertiary alicyclic amines) is 1. The summed E-state index contributed by atoms with van der Waals surface area (Å²) < 4.78 is 11.1. The molecule has 2 heterocycles. The van der Waals surface area contributed by atoms with Crippen LogP contribution in [0.25, 0.3) is 0 Å². The summed E-state index contributed by atoms with van der Waals surface area (Å²) in [6.07, 6.45) is 1.89. The molecule has 0 atom stereocenters. The zero-order valence-electron chi connectivity index (χ0n) is 18.7. The highest BCUT2D eigenvalue weighted by atomic mass is 16.5. The van der Waals surface area contributed by atoms with Gasteiger partial charge in [-0.1, -0.05) is 12.1 Å². The molecule has 2 fully saturated rings. The number of para-hydroxylation sites is 2. The van der Waals surface area contributed by atoms with E-state index in [9.17, 15) is 14.4 Å². The van der Waals surface area contributed by atoms with Crippen LogP contribution in [0.5, 0.6) is 17.2 Å². The normalized spacial score (nSPS) is 15.8. The molecule has 33 heavy (non-hydrogen) atoms. The predicted octanol–water partition coefficient (Wildman–Crippen LogP) is 2.79. The summed E-state index contributed by atoms with van der Waals surface area (Å²) in [5.74, 6) is 0.956. The number of anilines is 1. The predicted molar refractivity (Wildman–Crippen MR) is 122 cm³/mol. The first-order chi connectivity index (χ1) is 16.0. The number of carbonyl (C=O) groups is 3. The van der Waals surface area contributed by atoms with E-state index in [0.29, 0.717) is 62.2 Å². The highest BCUT2D eigenvalue weighted by Gasteiger charge is 2.31. The topological polar surface area (TPSA) is 91.4 Å². The lowest BCUT2D eigenvalue weighted by Crippen LogP contribution is -2.54. The van der Waals surface area contributed by atoms with Gasteiger partial charge in [-0.2, -0.15) is 0 Å². The van der Waals surface area contributed by atoms with Crippen LogP contribution in [0.15, 0.2) is 48.5 Å². The van der Waals surface area contributed by atoms with Crippen LogP contribution in [-0.4, -0.2) is 78.9 Å². The minimum atomic E-state index is -0.470. The monoisotopic (exact) mass is 452 g/mol. The van der Waals surface area contributed by atoms with Crippen LogP contribution in [0.4, 0.5) is 10.5 Å². The second kappa shape index (κ2) is 10.2. The third-order valence-electron chi connectivity index (χ3n) is 5.83. The summed E-state index contributed by atoms with van der Waals surface area (Å²) in [5.41, 5.74) is 0.634. The average molecular weight is 453 g/mol. The van der Waals surface area contributed by atoms with Crippen molar-refractivity contribution in [3.8, 4) is 17.2 Å².